The molecule has 2 atom stereocenters. The topological polar surface area (TPSA) is 120 Å². The number of aromatic nitrogens is 2. The summed E-state index contributed by atoms with van der Waals surface area (Å²) in [5, 5.41) is 2.76. The second-order valence-electron chi connectivity index (χ2n) is 14.3. The Balaban J connectivity index is 2.18. The number of rotatable bonds is 14. The monoisotopic (exact) mass is 682 g/mol. The molecule has 2 amide bonds. The SMILES string of the molecule is CC(=O)CCC(CNC(=O)OC(C)(C)C)CN(C(=O)COC(C)=O)[C@@H](c1nc(-c2cc(F)ccc2F)cn1Cc1ccccc1)C(C)(C)C. The molecule has 0 aliphatic heterocycles. The number of amides is 2. The second kappa shape index (κ2) is 16.7. The number of ether oxygens (including phenoxy) is 2. The molecule has 1 N–H and O–H groups in total. The van der Waals surface area contributed by atoms with Gasteiger partial charge in [0, 0.05) is 44.7 Å². The first-order valence-corrected chi connectivity index (χ1v) is 16.3. The van der Waals surface area contributed by atoms with Gasteiger partial charge < -0.3 is 29.1 Å². The van der Waals surface area contributed by atoms with Crippen LogP contribution in [-0.4, -0.2) is 63.5 Å². The number of nitrogens with one attached hydrogen (secondary N) is 1. The summed E-state index contributed by atoms with van der Waals surface area (Å²) in [5.74, 6) is -2.58. The number of nitrogens with zero attached hydrogens (tertiary/aromatic N) is 3. The Bertz CT molecular complexity index is 1610. The zero-order valence-electron chi connectivity index (χ0n) is 29.6. The first kappa shape index (κ1) is 38.8. The van der Waals surface area contributed by atoms with E-state index in [2.05, 4.69) is 5.32 Å². The third-order valence-corrected chi connectivity index (χ3v) is 7.60. The number of hydrogen-bond acceptors (Lipinski definition) is 7. The number of hydrogen-bond donors (Lipinski definition) is 1. The fraction of sp³-hybridized carbons (Fsp3) is 0.486. The van der Waals surface area contributed by atoms with Gasteiger partial charge in [0.1, 0.15) is 28.8 Å². The largest absolute Gasteiger partial charge is 0.456 e. The van der Waals surface area contributed by atoms with Gasteiger partial charge in [0.05, 0.1) is 11.7 Å². The van der Waals surface area contributed by atoms with Crippen LogP contribution in [0.5, 0.6) is 0 Å². The fourth-order valence-electron chi connectivity index (χ4n) is 5.46. The van der Waals surface area contributed by atoms with Crippen molar-refractivity contribution < 1.29 is 37.4 Å². The van der Waals surface area contributed by atoms with Crippen molar-refractivity contribution >= 4 is 23.8 Å². The van der Waals surface area contributed by atoms with Crippen molar-refractivity contribution in [3.63, 3.8) is 0 Å². The molecule has 0 fully saturated rings. The van der Waals surface area contributed by atoms with E-state index >= 15 is 4.39 Å². The lowest BCUT2D eigenvalue weighted by molar-refractivity contribution is -0.153. The molecule has 0 aliphatic carbocycles. The van der Waals surface area contributed by atoms with E-state index in [0.29, 0.717) is 18.8 Å². The number of ketones is 1. The van der Waals surface area contributed by atoms with Crippen LogP contribution in [0.4, 0.5) is 13.6 Å². The average Bonchev–Trinajstić information content (AvgIpc) is 3.39. The summed E-state index contributed by atoms with van der Waals surface area (Å²) in [7, 11) is 0. The van der Waals surface area contributed by atoms with Gasteiger partial charge in [0.2, 0.25) is 0 Å². The van der Waals surface area contributed by atoms with Crippen molar-refractivity contribution in [3.8, 4) is 11.3 Å². The normalized spacial score (nSPS) is 12.9. The number of carbonyl (C=O) groups excluding carboxylic acids is 4. The molecule has 266 valence electrons. The van der Waals surface area contributed by atoms with E-state index in [1.807, 2.05) is 51.1 Å². The molecule has 2 aromatic carbocycles. The summed E-state index contributed by atoms with van der Waals surface area (Å²) in [6, 6.07) is 11.8. The average molecular weight is 683 g/mol. The molecule has 0 saturated heterocycles. The van der Waals surface area contributed by atoms with Crippen LogP contribution >= 0.6 is 0 Å². The van der Waals surface area contributed by atoms with E-state index in [-0.39, 0.29) is 36.6 Å². The number of alkyl carbamates (subject to hydrolysis) is 1. The molecule has 3 rings (SSSR count). The van der Waals surface area contributed by atoms with Gasteiger partial charge in [-0.3, -0.25) is 9.59 Å². The molecule has 49 heavy (non-hydrogen) atoms. The van der Waals surface area contributed by atoms with Crippen molar-refractivity contribution in [1.82, 2.24) is 19.8 Å². The van der Waals surface area contributed by atoms with Gasteiger partial charge >= 0.3 is 12.1 Å². The van der Waals surface area contributed by atoms with Crippen molar-refractivity contribution in [3.05, 3.63) is 77.8 Å². The first-order chi connectivity index (χ1) is 22.8. The van der Waals surface area contributed by atoms with Crippen LogP contribution in [0.15, 0.2) is 54.7 Å². The van der Waals surface area contributed by atoms with Crippen LogP contribution in [-0.2, 0) is 30.4 Å². The van der Waals surface area contributed by atoms with E-state index < -0.39 is 59.2 Å². The van der Waals surface area contributed by atoms with Gasteiger partial charge in [-0.25, -0.2) is 18.6 Å². The highest BCUT2D eigenvalue weighted by atomic mass is 19.1. The standard InChI is InChI=1S/C37H48F2N4O6/c1-24(44)14-15-27(19-40-35(47)49-37(6,7)8)21-43(32(46)23-48-25(2)45)33(36(3,4)5)34-41-31(29-18-28(38)16-17-30(29)39)22-42(34)20-26-12-10-9-11-13-26/h9-13,16-18,22,27,33H,14-15,19-21,23H2,1-8H3,(H,40,47)/t27?,33-/m0/s1. The predicted molar refractivity (Wildman–Crippen MR) is 181 cm³/mol. The molecular formula is C37H48F2N4O6. The molecule has 12 heteroatoms. The quantitative estimate of drug-likeness (QED) is 0.184. The van der Waals surface area contributed by atoms with Gasteiger partial charge in [-0.05, 0) is 69.2 Å². The maximum absolute atomic E-state index is 15.1. The second-order valence-corrected chi connectivity index (χ2v) is 14.3. The summed E-state index contributed by atoms with van der Waals surface area (Å²) >= 11 is 0. The molecule has 0 saturated carbocycles. The van der Waals surface area contributed by atoms with Crippen LogP contribution < -0.4 is 5.32 Å². The van der Waals surface area contributed by atoms with Crippen molar-refractivity contribution in [2.75, 3.05) is 19.7 Å². The zero-order valence-corrected chi connectivity index (χ0v) is 29.6. The Morgan fingerprint density at radius 1 is 0.980 bits per heavy atom. The lowest BCUT2D eigenvalue weighted by Crippen LogP contribution is -2.48. The maximum atomic E-state index is 15.1. The third-order valence-electron chi connectivity index (χ3n) is 7.60. The molecule has 3 aromatic rings. The van der Waals surface area contributed by atoms with E-state index in [0.717, 1.165) is 23.8 Å². The van der Waals surface area contributed by atoms with Gasteiger partial charge in [-0.2, -0.15) is 0 Å². The number of Topliss-reactive ketones (excluding diaryl/α,β-unsaturated/α-hetero) is 1. The van der Waals surface area contributed by atoms with E-state index in [4.69, 9.17) is 14.5 Å². The summed E-state index contributed by atoms with van der Waals surface area (Å²) < 4.78 is 41.8. The molecule has 10 nitrogen and oxygen atoms in total. The summed E-state index contributed by atoms with van der Waals surface area (Å²) in [4.78, 5) is 57.0. The number of imidazole rings is 1. The van der Waals surface area contributed by atoms with Crippen LogP contribution in [0.2, 0.25) is 0 Å². The van der Waals surface area contributed by atoms with Crippen LogP contribution in [0.25, 0.3) is 11.3 Å². The smallest absolute Gasteiger partial charge is 0.407 e. The minimum absolute atomic E-state index is 0.0347. The molecule has 0 radical (unpaired) electrons. The Morgan fingerprint density at radius 3 is 2.24 bits per heavy atom. The molecular weight excluding hydrogens is 634 g/mol. The van der Waals surface area contributed by atoms with Crippen molar-refractivity contribution in [2.24, 2.45) is 11.3 Å². The van der Waals surface area contributed by atoms with Crippen LogP contribution in [0, 0.1) is 23.0 Å². The molecule has 0 bridgehead atoms. The maximum Gasteiger partial charge on any atom is 0.407 e. The highest BCUT2D eigenvalue weighted by Crippen LogP contribution is 2.40. The van der Waals surface area contributed by atoms with Crippen molar-refractivity contribution in [2.45, 2.75) is 86.4 Å². The van der Waals surface area contributed by atoms with Crippen LogP contribution in [0.1, 0.15) is 85.7 Å². The van der Waals surface area contributed by atoms with Gasteiger partial charge in [0.15, 0.2) is 6.61 Å². The number of carbonyl (C=O) groups is 4. The Labute approximate surface area is 287 Å². The number of esters is 1. The lowest BCUT2D eigenvalue weighted by atomic mass is 9.84. The minimum atomic E-state index is -0.800. The predicted octanol–water partition coefficient (Wildman–Crippen LogP) is 6.87. The third kappa shape index (κ3) is 12.1. The van der Waals surface area contributed by atoms with E-state index in [9.17, 15) is 23.6 Å². The Kier molecular flexibility index (Phi) is 13.2. The summed E-state index contributed by atoms with van der Waals surface area (Å²) in [5.41, 5.74) is -0.424. The van der Waals surface area contributed by atoms with Gasteiger partial charge in [-0.1, -0.05) is 51.1 Å². The van der Waals surface area contributed by atoms with Gasteiger partial charge in [-0.15, -0.1) is 0 Å². The molecule has 1 aromatic heterocycles. The minimum Gasteiger partial charge on any atom is -0.456 e. The number of benzene rings is 2. The van der Waals surface area contributed by atoms with Gasteiger partial charge in [0.25, 0.3) is 5.91 Å². The molecule has 0 aliphatic rings. The highest BCUT2D eigenvalue weighted by molar-refractivity contribution is 5.80. The molecule has 1 unspecified atom stereocenters. The first-order valence-electron chi connectivity index (χ1n) is 16.3. The molecule has 1 heterocycles. The van der Waals surface area contributed by atoms with E-state index in [1.165, 1.54) is 13.8 Å². The summed E-state index contributed by atoms with van der Waals surface area (Å²) in [6.07, 6.45) is 1.51. The van der Waals surface area contributed by atoms with E-state index in [1.54, 1.807) is 36.4 Å². The summed E-state index contributed by atoms with van der Waals surface area (Å²) in [6.45, 7) is 13.5. The fourth-order valence-corrected chi connectivity index (χ4v) is 5.46. The number of halogens is 2. The highest BCUT2D eigenvalue weighted by Gasteiger charge is 2.40. The van der Waals surface area contributed by atoms with Crippen molar-refractivity contribution in [1.29, 1.82) is 0 Å². The zero-order chi connectivity index (χ0) is 36.5. The molecule has 0 spiro atoms. The lowest BCUT2D eigenvalue weighted by Gasteiger charge is -2.41. The Hall–Kier alpha value is -4.61. The van der Waals surface area contributed by atoms with Crippen LogP contribution in [0.3, 0.4) is 0 Å². The Morgan fingerprint density at radius 2 is 1.65 bits per heavy atom.